The smallest absolute Gasteiger partial charge is 0.126 e. The number of hydrogen-bond donors (Lipinski definition) is 1. The number of nitrogens with zero attached hydrogens (tertiary/aromatic N) is 1. The zero-order valence-electron chi connectivity index (χ0n) is 14.0. The Balaban J connectivity index is 1.53. The van der Waals surface area contributed by atoms with Gasteiger partial charge in [-0.05, 0) is 57.8 Å². The van der Waals surface area contributed by atoms with Gasteiger partial charge in [0.25, 0.3) is 0 Å². The number of hydrogen-bond acceptors (Lipinski definition) is 4. The van der Waals surface area contributed by atoms with E-state index in [0.717, 1.165) is 24.5 Å². The van der Waals surface area contributed by atoms with Crippen LogP contribution >= 0.6 is 0 Å². The van der Waals surface area contributed by atoms with Crippen molar-refractivity contribution in [2.75, 3.05) is 26.8 Å². The molecule has 0 saturated carbocycles. The second-order valence-corrected chi connectivity index (χ2v) is 6.76. The fraction of sp³-hybridized carbons (Fsp3) is 0.667. The Morgan fingerprint density at radius 2 is 2.00 bits per heavy atom. The van der Waals surface area contributed by atoms with Crippen molar-refractivity contribution in [2.45, 2.75) is 51.2 Å². The third kappa shape index (κ3) is 3.55. The molecule has 122 valence electrons. The van der Waals surface area contributed by atoms with Crippen LogP contribution in [0.25, 0.3) is 0 Å². The molecular weight excluding hydrogens is 276 g/mol. The summed E-state index contributed by atoms with van der Waals surface area (Å²) in [6.45, 7) is 7.74. The lowest BCUT2D eigenvalue weighted by atomic mass is 9.98. The third-order valence-electron chi connectivity index (χ3n) is 4.91. The van der Waals surface area contributed by atoms with Crippen molar-refractivity contribution in [1.82, 2.24) is 10.2 Å². The van der Waals surface area contributed by atoms with Crippen molar-refractivity contribution in [3.63, 3.8) is 0 Å². The quantitative estimate of drug-likeness (QED) is 0.926. The number of piperidine rings is 1. The first kappa shape index (κ1) is 15.6. The maximum atomic E-state index is 5.93. The molecule has 1 aromatic rings. The molecule has 2 aliphatic heterocycles. The highest BCUT2D eigenvalue weighted by atomic mass is 16.5. The van der Waals surface area contributed by atoms with E-state index in [1.54, 1.807) is 7.11 Å². The standard InChI is InChI=1S/C18H28N2O2/c1-13(2)20-8-6-15(7-9-20)19-16-10-14-4-5-17(21-3)11-18(14)22-12-16/h4-5,11,13,15-16,19H,6-10,12H2,1-3H3. The van der Waals surface area contributed by atoms with Crippen molar-refractivity contribution in [1.29, 1.82) is 0 Å². The third-order valence-corrected chi connectivity index (χ3v) is 4.91. The lowest BCUT2D eigenvalue weighted by molar-refractivity contribution is 0.145. The van der Waals surface area contributed by atoms with E-state index in [9.17, 15) is 0 Å². The van der Waals surface area contributed by atoms with Crippen LogP contribution in [0.1, 0.15) is 32.3 Å². The Morgan fingerprint density at radius 1 is 1.23 bits per heavy atom. The maximum Gasteiger partial charge on any atom is 0.126 e. The molecule has 1 atom stereocenters. The SMILES string of the molecule is COc1ccc2c(c1)OCC(NC1CCN(C(C)C)CC1)C2. The van der Waals surface area contributed by atoms with E-state index in [2.05, 4.69) is 30.1 Å². The molecule has 1 N–H and O–H groups in total. The van der Waals surface area contributed by atoms with Crippen molar-refractivity contribution >= 4 is 0 Å². The summed E-state index contributed by atoms with van der Waals surface area (Å²) in [6.07, 6.45) is 3.53. The molecule has 0 bridgehead atoms. The summed E-state index contributed by atoms with van der Waals surface area (Å²) < 4.78 is 11.2. The molecule has 4 nitrogen and oxygen atoms in total. The molecule has 0 amide bonds. The average Bonchev–Trinajstić information content (AvgIpc) is 2.55. The van der Waals surface area contributed by atoms with Crippen LogP contribution in [0, 0.1) is 0 Å². The first-order valence-electron chi connectivity index (χ1n) is 8.45. The number of benzene rings is 1. The van der Waals surface area contributed by atoms with Gasteiger partial charge in [0.05, 0.1) is 7.11 Å². The fourth-order valence-electron chi connectivity index (χ4n) is 3.50. The van der Waals surface area contributed by atoms with E-state index < -0.39 is 0 Å². The molecular formula is C18H28N2O2. The minimum Gasteiger partial charge on any atom is -0.497 e. The number of likely N-dealkylation sites (tertiary alicyclic amines) is 1. The van der Waals surface area contributed by atoms with E-state index in [0.29, 0.717) is 18.1 Å². The largest absolute Gasteiger partial charge is 0.497 e. The first-order chi connectivity index (χ1) is 10.7. The van der Waals surface area contributed by atoms with E-state index >= 15 is 0 Å². The van der Waals surface area contributed by atoms with Gasteiger partial charge in [0.2, 0.25) is 0 Å². The Kier molecular flexibility index (Phi) is 4.89. The van der Waals surface area contributed by atoms with Crippen LogP contribution in [0.15, 0.2) is 18.2 Å². The lowest BCUT2D eigenvalue weighted by Crippen LogP contribution is -2.50. The number of methoxy groups -OCH3 is 1. The van der Waals surface area contributed by atoms with Gasteiger partial charge in [-0.2, -0.15) is 0 Å². The zero-order valence-corrected chi connectivity index (χ0v) is 14.0. The Labute approximate surface area is 133 Å². The van der Waals surface area contributed by atoms with Crippen molar-refractivity contribution in [2.24, 2.45) is 0 Å². The Bertz CT molecular complexity index is 496. The monoisotopic (exact) mass is 304 g/mol. The molecule has 0 aromatic heterocycles. The van der Waals surface area contributed by atoms with Gasteiger partial charge in [-0.25, -0.2) is 0 Å². The summed E-state index contributed by atoms with van der Waals surface area (Å²) in [5.74, 6) is 1.85. The zero-order chi connectivity index (χ0) is 15.5. The van der Waals surface area contributed by atoms with Crippen molar-refractivity contribution < 1.29 is 9.47 Å². The van der Waals surface area contributed by atoms with Gasteiger partial charge in [-0.1, -0.05) is 6.07 Å². The molecule has 0 aliphatic carbocycles. The van der Waals surface area contributed by atoms with Crippen LogP contribution in [0.4, 0.5) is 0 Å². The number of fused-ring (bicyclic) bond motifs is 1. The molecule has 1 aromatic carbocycles. The van der Waals surface area contributed by atoms with Crippen LogP contribution in [0.2, 0.25) is 0 Å². The summed E-state index contributed by atoms with van der Waals surface area (Å²) in [5.41, 5.74) is 1.28. The minimum absolute atomic E-state index is 0.427. The highest BCUT2D eigenvalue weighted by molar-refractivity contribution is 5.42. The molecule has 1 fully saturated rings. The number of ether oxygens (including phenoxy) is 2. The van der Waals surface area contributed by atoms with E-state index in [1.807, 2.05) is 12.1 Å². The Hall–Kier alpha value is -1.26. The second kappa shape index (κ2) is 6.88. The summed E-state index contributed by atoms with van der Waals surface area (Å²) in [4.78, 5) is 2.57. The molecule has 3 rings (SSSR count). The predicted octanol–water partition coefficient (Wildman–Crippen LogP) is 2.46. The average molecular weight is 304 g/mol. The van der Waals surface area contributed by atoms with Crippen molar-refractivity contribution in [3.05, 3.63) is 23.8 Å². The van der Waals surface area contributed by atoms with Crippen LogP contribution < -0.4 is 14.8 Å². The highest BCUT2D eigenvalue weighted by Gasteiger charge is 2.26. The second-order valence-electron chi connectivity index (χ2n) is 6.76. The van der Waals surface area contributed by atoms with Crippen LogP contribution in [0.5, 0.6) is 11.5 Å². The van der Waals surface area contributed by atoms with Crippen LogP contribution in [0.3, 0.4) is 0 Å². The summed E-state index contributed by atoms with van der Waals surface area (Å²) >= 11 is 0. The molecule has 2 aliphatic rings. The normalized spacial score (nSPS) is 23.2. The first-order valence-corrected chi connectivity index (χ1v) is 8.45. The van der Waals surface area contributed by atoms with Gasteiger partial charge in [0.1, 0.15) is 18.1 Å². The molecule has 0 radical (unpaired) electrons. The summed E-state index contributed by atoms with van der Waals surface area (Å²) in [5, 5.41) is 3.80. The van der Waals surface area contributed by atoms with Gasteiger partial charge in [-0.3, -0.25) is 0 Å². The topological polar surface area (TPSA) is 33.7 Å². The lowest BCUT2D eigenvalue weighted by Gasteiger charge is -2.37. The minimum atomic E-state index is 0.427. The predicted molar refractivity (Wildman–Crippen MR) is 88.8 cm³/mol. The molecule has 1 unspecified atom stereocenters. The van der Waals surface area contributed by atoms with Gasteiger partial charge in [-0.15, -0.1) is 0 Å². The molecule has 22 heavy (non-hydrogen) atoms. The molecule has 0 spiro atoms. The molecule has 4 heteroatoms. The van der Waals surface area contributed by atoms with E-state index in [-0.39, 0.29) is 0 Å². The number of rotatable bonds is 4. The fourth-order valence-corrected chi connectivity index (χ4v) is 3.50. The van der Waals surface area contributed by atoms with Crippen LogP contribution in [-0.4, -0.2) is 49.8 Å². The van der Waals surface area contributed by atoms with E-state index in [1.165, 1.54) is 31.5 Å². The molecule has 2 heterocycles. The van der Waals surface area contributed by atoms with Gasteiger partial charge < -0.3 is 19.7 Å². The van der Waals surface area contributed by atoms with E-state index in [4.69, 9.17) is 9.47 Å². The maximum absolute atomic E-state index is 5.93. The van der Waals surface area contributed by atoms with Gasteiger partial charge in [0, 0.05) is 24.2 Å². The Morgan fingerprint density at radius 3 is 2.68 bits per heavy atom. The molecule has 1 saturated heterocycles. The summed E-state index contributed by atoms with van der Waals surface area (Å²) in [6, 6.07) is 7.86. The van der Waals surface area contributed by atoms with Gasteiger partial charge >= 0.3 is 0 Å². The van der Waals surface area contributed by atoms with Gasteiger partial charge in [0.15, 0.2) is 0 Å². The summed E-state index contributed by atoms with van der Waals surface area (Å²) in [7, 11) is 1.69. The highest BCUT2D eigenvalue weighted by Crippen LogP contribution is 2.29. The van der Waals surface area contributed by atoms with Crippen molar-refractivity contribution in [3.8, 4) is 11.5 Å². The van der Waals surface area contributed by atoms with Crippen LogP contribution in [-0.2, 0) is 6.42 Å². The number of nitrogens with one attached hydrogen (secondary N) is 1.